The summed E-state index contributed by atoms with van der Waals surface area (Å²) in [6, 6.07) is 4.55. The van der Waals surface area contributed by atoms with Crippen LogP contribution in [-0.4, -0.2) is 16.8 Å². The second-order valence-electron chi connectivity index (χ2n) is 3.13. The maximum absolute atomic E-state index is 9.70. The number of phenolic OH excluding ortho intramolecular Hbond substituents is 1. The van der Waals surface area contributed by atoms with Crippen molar-refractivity contribution in [1.82, 2.24) is 0 Å². The maximum Gasteiger partial charge on any atom is 0.134 e. The number of hydrogen-bond acceptors (Lipinski definition) is 4. The molecule has 4 N–H and O–H groups in total. The monoisotopic (exact) mass is 306 g/mol. The Morgan fingerprint density at radius 1 is 1.50 bits per heavy atom. The highest BCUT2D eigenvalue weighted by Crippen LogP contribution is 2.33. The van der Waals surface area contributed by atoms with Gasteiger partial charge in [-0.15, -0.1) is 12.4 Å². The minimum atomic E-state index is -0.473. The molecule has 6 heteroatoms. The molecule has 88 valence electrons. The average Bonchev–Trinajstić information content (AvgIpc) is 2.22. The molecule has 1 aromatic rings. The van der Waals surface area contributed by atoms with Crippen molar-refractivity contribution in [1.29, 1.82) is 5.26 Å². The number of nitrogens with zero attached hydrogens (tertiary/aromatic N) is 1. The molecule has 0 aliphatic heterocycles. The lowest BCUT2D eigenvalue weighted by atomic mass is 10.0. The third kappa shape index (κ3) is 3.35. The highest BCUT2D eigenvalue weighted by atomic mass is 79.9. The van der Waals surface area contributed by atoms with E-state index in [-0.39, 0.29) is 24.8 Å². The van der Waals surface area contributed by atoms with Crippen molar-refractivity contribution in [2.24, 2.45) is 5.73 Å². The van der Waals surface area contributed by atoms with Gasteiger partial charge in [0.1, 0.15) is 5.75 Å². The molecule has 0 radical (unpaired) electrons. The quantitative estimate of drug-likeness (QED) is 0.794. The first-order valence-corrected chi connectivity index (χ1v) is 5.18. The third-order valence-electron chi connectivity index (χ3n) is 2.06. The van der Waals surface area contributed by atoms with Crippen LogP contribution < -0.4 is 5.73 Å². The van der Waals surface area contributed by atoms with E-state index in [0.717, 1.165) is 0 Å². The number of nitriles is 1. The van der Waals surface area contributed by atoms with Crippen LogP contribution in [0.15, 0.2) is 16.6 Å². The predicted molar refractivity (Wildman–Crippen MR) is 66.4 cm³/mol. The highest BCUT2D eigenvalue weighted by Gasteiger charge is 2.14. The fourth-order valence-corrected chi connectivity index (χ4v) is 1.74. The zero-order valence-corrected chi connectivity index (χ0v) is 10.8. The summed E-state index contributed by atoms with van der Waals surface area (Å²) < 4.78 is 0.435. The Labute approximate surface area is 108 Å². The smallest absolute Gasteiger partial charge is 0.134 e. The Balaban J connectivity index is 0.00000225. The van der Waals surface area contributed by atoms with Gasteiger partial charge >= 0.3 is 0 Å². The van der Waals surface area contributed by atoms with Crippen LogP contribution in [0.3, 0.4) is 0 Å². The van der Waals surface area contributed by atoms with Crippen LogP contribution in [0, 0.1) is 11.3 Å². The minimum absolute atomic E-state index is 0. The zero-order valence-electron chi connectivity index (χ0n) is 8.35. The van der Waals surface area contributed by atoms with Gasteiger partial charge in [-0.05, 0) is 34.5 Å². The average molecular weight is 308 g/mol. The summed E-state index contributed by atoms with van der Waals surface area (Å²) in [6.45, 7) is -0.0605. The third-order valence-corrected chi connectivity index (χ3v) is 2.67. The predicted octanol–water partition coefficient (Wildman–Crippen LogP) is 1.83. The van der Waals surface area contributed by atoms with Gasteiger partial charge in [0.2, 0.25) is 0 Å². The highest BCUT2D eigenvalue weighted by molar-refractivity contribution is 9.10. The Morgan fingerprint density at radius 2 is 2.12 bits per heavy atom. The molecule has 0 spiro atoms. The lowest BCUT2D eigenvalue weighted by Crippen LogP contribution is -2.12. The molecule has 1 atom stereocenters. The first kappa shape index (κ1) is 15.2. The number of rotatable bonds is 3. The van der Waals surface area contributed by atoms with Gasteiger partial charge in [-0.1, -0.05) is 0 Å². The van der Waals surface area contributed by atoms with Crippen molar-refractivity contribution in [3.05, 3.63) is 27.7 Å². The molecule has 0 amide bonds. The van der Waals surface area contributed by atoms with Gasteiger partial charge in [0.05, 0.1) is 16.1 Å². The molecule has 0 bridgehead atoms. The Bertz CT molecular complexity index is 407. The molecule has 0 saturated carbocycles. The number of phenols is 1. The van der Waals surface area contributed by atoms with Crippen LogP contribution in [0.2, 0.25) is 0 Å². The Morgan fingerprint density at radius 3 is 2.62 bits per heavy atom. The fourth-order valence-electron chi connectivity index (χ4n) is 1.26. The van der Waals surface area contributed by atoms with Gasteiger partial charge in [-0.25, -0.2) is 0 Å². The normalized spacial score (nSPS) is 11.4. The molecule has 0 fully saturated rings. The molecule has 16 heavy (non-hydrogen) atoms. The summed E-state index contributed by atoms with van der Waals surface area (Å²) in [7, 11) is 0. The number of aliphatic hydroxyl groups is 1. The largest absolute Gasteiger partial charge is 0.506 e. The molecule has 1 aromatic carbocycles. The van der Waals surface area contributed by atoms with Gasteiger partial charge in [0, 0.05) is 18.2 Å². The second kappa shape index (κ2) is 6.71. The van der Waals surface area contributed by atoms with Crippen molar-refractivity contribution in [2.75, 3.05) is 6.61 Å². The summed E-state index contributed by atoms with van der Waals surface area (Å²) in [5, 5.41) is 27.2. The molecule has 0 aromatic heterocycles. The molecule has 0 aliphatic rings. The van der Waals surface area contributed by atoms with E-state index >= 15 is 0 Å². The van der Waals surface area contributed by atoms with Gasteiger partial charge in [-0.2, -0.15) is 5.26 Å². The van der Waals surface area contributed by atoms with Crippen LogP contribution in [0.5, 0.6) is 5.75 Å². The lowest BCUT2D eigenvalue weighted by molar-refractivity contribution is 0.275. The summed E-state index contributed by atoms with van der Waals surface area (Å²) in [5.41, 5.74) is 6.64. The number of nitrogens with two attached hydrogens (primary N) is 1. The topological polar surface area (TPSA) is 90.3 Å². The van der Waals surface area contributed by atoms with Crippen LogP contribution in [0.25, 0.3) is 0 Å². The van der Waals surface area contributed by atoms with Crippen LogP contribution in [0.4, 0.5) is 0 Å². The maximum atomic E-state index is 9.70. The minimum Gasteiger partial charge on any atom is -0.506 e. The van der Waals surface area contributed by atoms with Crippen molar-refractivity contribution in [3.8, 4) is 11.8 Å². The number of aliphatic hydroxyl groups excluding tert-OH is 1. The van der Waals surface area contributed by atoms with Crippen molar-refractivity contribution < 1.29 is 10.2 Å². The summed E-state index contributed by atoms with van der Waals surface area (Å²) >= 11 is 3.14. The molecular formula is C10H12BrClN2O2. The number of aromatic hydroxyl groups is 1. The summed E-state index contributed by atoms with van der Waals surface area (Å²) in [4.78, 5) is 0. The van der Waals surface area contributed by atoms with E-state index in [1.165, 1.54) is 12.1 Å². The summed E-state index contributed by atoms with van der Waals surface area (Å²) in [5.74, 6) is 0.0231. The van der Waals surface area contributed by atoms with E-state index in [9.17, 15) is 5.11 Å². The van der Waals surface area contributed by atoms with E-state index in [4.69, 9.17) is 16.1 Å². The first-order valence-electron chi connectivity index (χ1n) is 4.39. The van der Waals surface area contributed by atoms with E-state index < -0.39 is 6.04 Å². The van der Waals surface area contributed by atoms with Gasteiger partial charge in [0.25, 0.3) is 0 Å². The lowest BCUT2D eigenvalue weighted by Gasteiger charge is -2.13. The van der Waals surface area contributed by atoms with Crippen LogP contribution in [-0.2, 0) is 0 Å². The number of benzene rings is 1. The number of halogens is 2. The SMILES string of the molecule is Cl.N#Cc1cc(Br)c(O)c([C@H](N)CCO)c1. The summed E-state index contributed by atoms with van der Waals surface area (Å²) in [6.07, 6.45) is 0.342. The van der Waals surface area contributed by atoms with E-state index in [1.54, 1.807) is 0 Å². The molecule has 0 heterocycles. The van der Waals surface area contributed by atoms with Crippen LogP contribution in [0.1, 0.15) is 23.6 Å². The zero-order chi connectivity index (χ0) is 11.4. The standard InChI is InChI=1S/C10H11BrN2O2.ClH/c11-8-4-6(5-12)3-7(10(8)15)9(13)1-2-14;/h3-4,9,14-15H,1-2,13H2;1H/t9-;/m1./s1. The fraction of sp³-hybridized carbons (Fsp3) is 0.300. The molecular weight excluding hydrogens is 295 g/mol. The molecule has 1 rings (SSSR count). The van der Waals surface area contributed by atoms with Gasteiger partial charge in [0.15, 0.2) is 0 Å². The van der Waals surface area contributed by atoms with E-state index in [2.05, 4.69) is 15.9 Å². The Kier molecular flexibility index (Phi) is 6.38. The van der Waals surface area contributed by atoms with E-state index in [0.29, 0.717) is 22.0 Å². The van der Waals surface area contributed by atoms with E-state index in [1.807, 2.05) is 6.07 Å². The molecule has 0 aliphatic carbocycles. The molecule has 0 unspecified atom stereocenters. The molecule has 4 nitrogen and oxygen atoms in total. The number of hydrogen-bond donors (Lipinski definition) is 3. The van der Waals surface area contributed by atoms with Crippen molar-refractivity contribution in [3.63, 3.8) is 0 Å². The second-order valence-corrected chi connectivity index (χ2v) is 3.98. The van der Waals surface area contributed by atoms with Crippen LogP contribution >= 0.6 is 28.3 Å². The van der Waals surface area contributed by atoms with Gasteiger partial charge in [-0.3, -0.25) is 0 Å². The van der Waals surface area contributed by atoms with Gasteiger partial charge < -0.3 is 15.9 Å². The first-order chi connectivity index (χ1) is 7.10. The van der Waals surface area contributed by atoms with Crippen molar-refractivity contribution in [2.45, 2.75) is 12.5 Å². The Hall–Kier alpha value is -0.800. The molecule has 0 saturated heterocycles. The van der Waals surface area contributed by atoms with Crippen molar-refractivity contribution >= 4 is 28.3 Å².